The molecule has 2 heterocycles. The van der Waals surface area contributed by atoms with Crippen molar-refractivity contribution in [3.8, 4) is 0 Å². The Morgan fingerprint density at radius 3 is 2.65 bits per heavy atom. The van der Waals surface area contributed by atoms with Gasteiger partial charge in [-0.3, -0.25) is 4.79 Å². The van der Waals surface area contributed by atoms with E-state index in [-0.39, 0.29) is 11.8 Å². The molecule has 1 amide bonds. The van der Waals surface area contributed by atoms with E-state index in [0.29, 0.717) is 0 Å². The van der Waals surface area contributed by atoms with Crippen LogP contribution in [0.1, 0.15) is 39.5 Å². The smallest absolute Gasteiger partial charge is 0.224 e. The molecule has 0 aromatic heterocycles. The van der Waals surface area contributed by atoms with Crippen LogP contribution < -0.4 is 10.6 Å². The van der Waals surface area contributed by atoms with Gasteiger partial charge < -0.3 is 15.5 Å². The Morgan fingerprint density at radius 2 is 2.00 bits per heavy atom. The van der Waals surface area contributed by atoms with Crippen molar-refractivity contribution in [3.05, 3.63) is 0 Å². The number of unbranched alkanes of at least 4 members (excludes halogenated alkanes) is 1. The predicted octanol–water partition coefficient (Wildman–Crippen LogP) is 1.47. The SMILES string of the molecule is CC1CC(C)CN(CCCCNC(=O)C2CCNC2)C1. The zero-order valence-electron chi connectivity index (χ0n) is 13.2. The number of carbonyl (C=O) groups is 1. The normalized spacial score (nSPS) is 31.4. The first-order valence-corrected chi connectivity index (χ1v) is 8.36. The standard InChI is InChI=1S/C16H31N3O/c1-13-9-14(2)12-19(11-13)8-4-3-6-18-16(20)15-5-7-17-10-15/h13-15,17H,3-12H2,1-2H3,(H,18,20). The molecule has 3 unspecified atom stereocenters. The molecule has 0 aliphatic carbocycles. The molecule has 0 aromatic rings. The zero-order chi connectivity index (χ0) is 14.4. The van der Waals surface area contributed by atoms with E-state index in [1.54, 1.807) is 0 Å². The lowest BCUT2D eigenvalue weighted by Crippen LogP contribution is -2.39. The molecule has 4 heteroatoms. The number of piperidine rings is 1. The fourth-order valence-electron chi connectivity index (χ4n) is 3.67. The molecule has 2 aliphatic heterocycles. The first-order valence-electron chi connectivity index (χ1n) is 8.36. The minimum absolute atomic E-state index is 0.207. The molecule has 20 heavy (non-hydrogen) atoms. The number of rotatable bonds is 6. The minimum Gasteiger partial charge on any atom is -0.356 e. The minimum atomic E-state index is 0.207. The summed E-state index contributed by atoms with van der Waals surface area (Å²) in [5.41, 5.74) is 0. The van der Waals surface area contributed by atoms with Gasteiger partial charge in [-0.2, -0.15) is 0 Å². The summed E-state index contributed by atoms with van der Waals surface area (Å²) >= 11 is 0. The molecule has 0 aromatic carbocycles. The molecule has 0 spiro atoms. The number of carbonyl (C=O) groups excluding carboxylic acids is 1. The summed E-state index contributed by atoms with van der Waals surface area (Å²) in [6, 6.07) is 0. The monoisotopic (exact) mass is 281 g/mol. The van der Waals surface area contributed by atoms with Crippen LogP contribution in [0.2, 0.25) is 0 Å². The van der Waals surface area contributed by atoms with Crippen molar-refractivity contribution in [2.24, 2.45) is 17.8 Å². The topological polar surface area (TPSA) is 44.4 Å². The highest BCUT2D eigenvalue weighted by Crippen LogP contribution is 2.20. The molecule has 0 saturated carbocycles. The maximum absolute atomic E-state index is 11.8. The van der Waals surface area contributed by atoms with Gasteiger partial charge in [0.1, 0.15) is 0 Å². The van der Waals surface area contributed by atoms with Gasteiger partial charge in [0, 0.05) is 26.2 Å². The van der Waals surface area contributed by atoms with E-state index in [1.165, 1.54) is 32.5 Å². The predicted molar refractivity (Wildman–Crippen MR) is 82.6 cm³/mol. The lowest BCUT2D eigenvalue weighted by Gasteiger charge is -2.34. The van der Waals surface area contributed by atoms with Gasteiger partial charge in [0.05, 0.1) is 5.92 Å². The number of nitrogens with zero attached hydrogens (tertiary/aromatic N) is 1. The Bertz CT molecular complexity index is 292. The summed E-state index contributed by atoms with van der Waals surface area (Å²) in [7, 11) is 0. The highest BCUT2D eigenvalue weighted by atomic mass is 16.1. The molecule has 3 atom stereocenters. The van der Waals surface area contributed by atoms with Gasteiger partial charge in [-0.15, -0.1) is 0 Å². The second-order valence-corrected chi connectivity index (χ2v) is 6.89. The van der Waals surface area contributed by atoms with Crippen LogP contribution in [0.3, 0.4) is 0 Å². The number of hydrogen-bond acceptors (Lipinski definition) is 3. The van der Waals surface area contributed by atoms with E-state index in [0.717, 1.165) is 44.3 Å². The van der Waals surface area contributed by atoms with Crippen LogP contribution in [-0.2, 0) is 4.79 Å². The Hall–Kier alpha value is -0.610. The third-order valence-electron chi connectivity index (χ3n) is 4.58. The van der Waals surface area contributed by atoms with Gasteiger partial charge in [0.2, 0.25) is 5.91 Å². The van der Waals surface area contributed by atoms with Crippen molar-refractivity contribution in [1.82, 2.24) is 15.5 Å². The zero-order valence-corrected chi connectivity index (χ0v) is 13.2. The maximum atomic E-state index is 11.8. The molecule has 2 N–H and O–H groups in total. The summed E-state index contributed by atoms with van der Waals surface area (Å²) < 4.78 is 0. The van der Waals surface area contributed by atoms with Crippen molar-refractivity contribution in [3.63, 3.8) is 0 Å². The van der Waals surface area contributed by atoms with Crippen LogP contribution in [0.15, 0.2) is 0 Å². The highest BCUT2D eigenvalue weighted by molar-refractivity contribution is 5.79. The average Bonchev–Trinajstić information content (AvgIpc) is 2.90. The van der Waals surface area contributed by atoms with Gasteiger partial charge in [-0.05, 0) is 50.6 Å². The molecule has 2 fully saturated rings. The van der Waals surface area contributed by atoms with Crippen LogP contribution in [0, 0.1) is 17.8 Å². The summed E-state index contributed by atoms with van der Waals surface area (Å²) in [6.45, 7) is 11.1. The summed E-state index contributed by atoms with van der Waals surface area (Å²) in [6.07, 6.45) is 4.67. The molecule has 0 radical (unpaired) electrons. The summed E-state index contributed by atoms with van der Waals surface area (Å²) in [5.74, 6) is 2.13. The molecule has 2 rings (SSSR count). The largest absolute Gasteiger partial charge is 0.356 e. The van der Waals surface area contributed by atoms with Gasteiger partial charge in [0.15, 0.2) is 0 Å². The molecule has 0 bridgehead atoms. The lowest BCUT2D eigenvalue weighted by atomic mass is 9.92. The van der Waals surface area contributed by atoms with E-state index in [2.05, 4.69) is 29.4 Å². The van der Waals surface area contributed by atoms with E-state index in [4.69, 9.17) is 0 Å². The first-order chi connectivity index (χ1) is 9.65. The number of amides is 1. The summed E-state index contributed by atoms with van der Waals surface area (Å²) in [5, 5.41) is 6.32. The van der Waals surface area contributed by atoms with Crippen molar-refractivity contribution in [1.29, 1.82) is 0 Å². The third-order valence-corrected chi connectivity index (χ3v) is 4.58. The lowest BCUT2D eigenvalue weighted by molar-refractivity contribution is -0.124. The first kappa shape index (κ1) is 15.8. The Kier molecular flexibility index (Phi) is 6.30. The molecular weight excluding hydrogens is 250 g/mol. The molecule has 116 valence electrons. The number of nitrogens with one attached hydrogen (secondary N) is 2. The molecule has 2 saturated heterocycles. The fraction of sp³-hybridized carbons (Fsp3) is 0.938. The van der Waals surface area contributed by atoms with E-state index in [1.807, 2.05) is 0 Å². The van der Waals surface area contributed by atoms with Gasteiger partial charge >= 0.3 is 0 Å². The van der Waals surface area contributed by atoms with E-state index in [9.17, 15) is 4.79 Å². The van der Waals surface area contributed by atoms with Crippen LogP contribution >= 0.6 is 0 Å². The van der Waals surface area contributed by atoms with Crippen molar-refractivity contribution in [2.45, 2.75) is 39.5 Å². The third kappa shape index (κ3) is 5.06. The molecular formula is C16H31N3O. The highest BCUT2D eigenvalue weighted by Gasteiger charge is 2.22. The Balaban J connectivity index is 1.52. The van der Waals surface area contributed by atoms with Crippen LogP contribution in [-0.4, -0.2) is 50.1 Å². The van der Waals surface area contributed by atoms with Gasteiger partial charge in [-0.1, -0.05) is 13.8 Å². The van der Waals surface area contributed by atoms with Crippen LogP contribution in [0.25, 0.3) is 0 Å². The second-order valence-electron chi connectivity index (χ2n) is 6.89. The second kappa shape index (κ2) is 7.99. The van der Waals surface area contributed by atoms with E-state index < -0.39 is 0 Å². The van der Waals surface area contributed by atoms with Crippen LogP contribution in [0.5, 0.6) is 0 Å². The maximum Gasteiger partial charge on any atom is 0.224 e. The van der Waals surface area contributed by atoms with Gasteiger partial charge in [-0.25, -0.2) is 0 Å². The van der Waals surface area contributed by atoms with E-state index >= 15 is 0 Å². The van der Waals surface area contributed by atoms with Crippen molar-refractivity contribution in [2.75, 3.05) is 39.3 Å². The number of likely N-dealkylation sites (tertiary alicyclic amines) is 1. The molecule has 4 nitrogen and oxygen atoms in total. The quantitative estimate of drug-likeness (QED) is 0.725. The number of hydrogen-bond donors (Lipinski definition) is 2. The van der Waals surface area contributed by atoms with Gasteiger partial charge in [0.25, 0.3) is 0 Å². The summed E-state index contributed by atoms with van der Waals surface area (Å²) in [4.78, 5) is 14.4. The van der Waals surface area contributed by atoms with Crippen molar-refractivity contribution < 1.29 is 4.79 Å². The van der Waals surface area contributed by atoms with Crippen molar-refractivity contribution >= 4 is 5.91 Å². The molecule has 2 aliphatic rings. The Labute approximate surface area is 123 Å². The Morgan fingerprint density at radius 1 is 1.25 bits per heavy atom. The van der Waals surface area contributed by atoms with Crippen LogP contribution in [0.4, 0.5) is 0 Å². The average molecular weight is 281 g/mol. The fourth-order valence-corrected chi connectivity index (χ4v) is 3.67.